The van der Waals surface area contributed by atoms with E-state index in [1.807, 2.05) is 11.1 Å². The number of hydrogen-bond donors (Lipinski definition) is 1. The summed E-state index contributed by atoms with van der Waals surface area (Å²) >= 11 is 6.30. The second kappa shape index (κ2) is 9.27. The molecule has 0 bridgehead atoms. The van der Waals surface area contributed by atoms with Crippen LogP contribution in [-0.2, 0) is 11.0 Å². The molecular formula is C24H28ClF3N2O. The van der Waals surface area contributed by atoms with Crippen molar-refractivity contribution in [3.05, 3.63) is 46.1 Å². The van der Waals surface area contributed by atoms with Crippen molar-refractivity contribution in [2.45, 2.75) is 70.4 Å². The number of carbonyl (C=O) groups excluding carboxylic acids is 1. The maximum absolute atomic E-state index is 13.9. The molecule has 0 atom stereocenters. The Labute approximate surface area is 186 Å². The van der Waals surface area contributed by atoms with Crippen LogP contribution in [0.4, 0.5) is 24.5 Å². The SMILES string of the molecule is O=C(CCC1CCCC1)Nc1c(Cl)cc(N2C=C3CCCC=C3CC2)cc1C(F)(F)F. The van der Waals surface area contributed by atoms with Crippen LogP contribution >= 0.6 is 11.6 Å². The van der Waals surface area contributed by atoms with Crippen molar-refractivity contribution >= 4 is 28.9 Å². The molecule has 3 aliphatic rings. The first kappa shape index (κ1) is 22.3. The number of allylic oxidation sites excluding steroid dienone is 2. The first-order valence-corrected chi connectivity index (χ1v) is 11.6. The third-order valence-electron chi connectivity index (χ3n) is 6.62. The van der Waals surface area contributed by atoms with Crippen LogP contribution < -0.4 is 10.2 Å². The maximum atomic E-state index is 13.9. The summed E-state index contributed by atoms with van der Waals surface area (Å²) in [5, 5.41) is 2.37. The summed E-state index contributed by atoms with van der Waals surface area (Å²) in [6, 6.07) is 2.63. The van der Waals surface area contributed by atoms with Gasteiger partial charge in [0.2, 0.25) is 5.91 Å². The van der Waals surface area contributed by atoms with E-state index >= 15 is 0 Å². The zero-order valence-corrected chi connectivity index (χ0v) is 18.3. The standard InChI is InChI=1S/C24H28ClF3N2O/c25-21-14-19(30-12-11-17-7-3-4-8-18(17)15-30)13-20(24(26,27)28)23(21)29-22(31)10-9-16-5-1-2-6-16/h7,13-16H,1-6,8-12H2,(H,29,31). The minimum Gasteiger partial charge on any atom is -0.347 e. The number of carbonyl (C=O) groups is 1. The number of rotatable bonds is 5. The van der Waals surface area contributed by atoms with Gasteiger partial charge in [-0.3, -0.25) is 4.79 Å². The van der Waals surface area contributed by atoms with Crippen molar-refractivity contribution in [1.29, 1.82) is 0 Å². The van der Waals surface area contributed by atoms with E-state index in [1.54, 1.807) is 0 Å². The number of hydrogen-bond acceptors (Lipinski definition) is 2. The van der Waals surface area contributed by atoms with Gasteiger partial charge < -0.3 is 10.2 Å². The Morgan fingerprint density at radius 3 is 2.65 bits per heavy atom. The van der Waals surface area contributed by atoms with Gasteiger partial charge in [-0.25, -0.2) is 0 Å². The lowest BCUT2D eigenvalue weighted by molar-refractivity contribution is -0.136. The summed E-state index contributed by atoms with van der Waals surface area (Å²) in [6.07, 6.45) is 8.88. The van der Waals surface area contributed by atoms with Gasteiger partial charge in [-0.1, -0.05) is 43.4 Å². The number of nitrogens with one attached hydrogen (secondary N) is 1. The van der Waals surface area contributed by atoms with Gasteiger partial charge in [-0.2, -0.15) is 13.2 Å². The van der Waals surface area contributed by atoms with Gasteiger partial charge >= 0.3 is 6.18 Å². The van der Waals surface area contributed by atoms with Crippen LogP contribution in [0.3, 0.4) is 0 Å². The minimum atomic E-state index is -4.62. The lowest BCUT2D eigenvalue weighted by Crippen LogP contribution is -2.25. The van der Waals surface area contributed by atoms with Gasteiger partial charge in [0, 0.05) is 24.9 Å². The molecule has 1 aliphatic heterocycles. The van der Waals surface area contributed by atoms with Crippen molar-refractivity contribution in [1.82, 2.24) is 0 Å². The highest BCUT2D eigenvalue weighted by molar-refractivity contribution is 6.34. The molecule has 0 spiro atoms. The van der Waals surface area contributed by atoms with Crippen molar-refractivity contribution in [3.63, 3.8) is 0 Å². The lowest BCUT2D eigenvalue weighted by Gasteiger charge is -2.31. The van der Waals surface area contributed by atoms with Crippen LogP contribution in [0.1, 0.15) is 69.8 Å². The van der Waals surface area contributed by atoms with E-state index in [4.69, 9.17) is 11.6 Å². The van der Waals surface area contributed by atoms with Gasteiger partial charge in [-0.15, -0.1) is 0 Å². The van der Waals surface area contributed by atoms with Crippen LogP contribution in [0.5, 0.6) is 0 Å². The van der Waals surface area contributed by atoms with Gasteiger partial charge in [-0.05, 0) is 61.3 Å². The van der Waals surface area contributed by atoms with Gasteiger partial charge in [0.25, 0.3) is 0 Å². The number of nitrogens with zero attached hydrogens (tertiary/aromatic N) is 1. The maximum Gasteiger partial charge on any atom is 0.418 e. The van der Waals surface area contributed by atoms with Crippen LogP contribution in [0, 0.1) is 5.92 Å². The van der Waals surface area contributed by atoms with Crippen LogP contribution in [0.25, 0.3) is 0 Å². The fourth-order valence-electron chi connectivity index (χ4n) is 4.91. The highest BCUT2D eigenvalue weighted by Gasteiger charge is 2.36. The topological polar surface area (TPSA) is 32.3 Å². The number of benzene rings is 1. The molecule has 3 nitrogen and oxygen atoms in total. The monoisotopic (exact) mass is 452 g/mol. The fraction of sp³-hybridized carbons (Fsp3) is 0.542. The van der Waals surface area contributed by atoms with E-state index in [0.29, 0.717) is 24.6 Å². The highest BCUT2D eigenvalue weighted by Crippen LogP contribution is 2.43. The van der Waals surface area contributed by atoms with Gasteiger partial charge in [0.05, 0.1) is 16.3 Å². The molecule has 168 valence electrons. The second-order valence-corrected chi connectivity index (χ2v) is 9.21. The Balaban J connectivity index is 1.56. The molecule has 0 unspecified atom stereocenters. The number of alkyl halides is 3. The Hall–Kier alpha value is -1.95. The third kappa shape index (κ3) is 5.28. The van der Waals surface area contributed by atoms with Crippen molar-refractivity contribution in [3.8, 4) is 0 Å². The number of fused-ring (bicyclic) bond motifs is 1. The fourth-order valence-corrected chi connectivity index (χ4v) is 5.17. The first-order valence-electron chi connectivity index (χ1n) is 11.2. The van der Waals surface area contributed by atoms with Crippen molar-refractivity contribution in [2.75, 3.05) is 16.8 Å². The summed E-state index contributed by atoms with van der Waals surface area (Å²) in [7, 11) is 0. The molecule has 1 aromatic rings. The Morgan fingerprint density at radius 1 is 1.13 bits per heavy atom. The molecule has 2 aliphatic carbocycles. The van der Waals surface area contributed by atoms with Crippen LogP contribution in [-0.4, -0.2) is 12.5 Å². The molecule has 1 saturated carbocycles. The zero-order chi connectivity index (χ0) is 22.0. The van der Waals surface area contributed by atoms with Gasteiger partial charge in [0.1, 0.15) is 0 Å². The molecule has 1 amide bonds. The van der Waals surface area contributed by atoms with E-state index < -0.39 is 17.6 Å². The highest BCUT2D eigenvalue weighted by atomic mass is 35.5. The first-order chi connectivity index (χ1) is 14.8. The molecule has 31 heavy (non-hydrogen) atoms. The minimum absolute atomic E-state index is 0.0811. The molecule has 1 N–H and O–H groups in total. The van der Waals surface area contributed by atoms with E-state index in [2.05, 4.69) is 11.4 Å². The zero-order valence-electron chi connectivity index (χ0n) is 17.5. The summed E-state index contributed by atoms with van der Waals surface area (Å²) in [5.41, 5.74) is 1.66. The smallest absolute Gasteiger partial charge is 0.347 e. The van der Waals surface area contributed by atoms with E-state index in [0.717, 1.165) is 44.6 Å². The summed E-state index contributed by atoms with van der Waals surface area (Å²) in [6.45, 7) is 0.607. The lowest BCUT2D eigenvalue weighted by atomic mass is 9.89. The van der Waals surface area contributed by atoms with Crippen molar-refractivity contribution in [2.24, 2.45) is 5.92 Å². The summed E-state index contributed by atoms with van der Waals surface area (Å²) < 4.78 is 41.6. The molecule has 1 heterocycles. The van der Waals surface area contributed by atoms with E-state index in [-0.39, 0.29) is 17.1 Å². The van der Waals surface area contributed by atoms with Gasteiger partial charge in [0.15, 0.2) is 0 Å². The van der Waals surface area contributed by atoms with Crippen molar-refractivity contribution < 1.29 is 18.0 Å². The Bertz CT molecular complexity index is 901. The number of halogens is 4. The normalized spacial score (nSPS) is 19.7. The molecule has 1 aromatic carbocycles. The Morgan fingerprint density at radius 2 is 1.90 bits per heavy atom. The number of amides is 1. The molecule has 4 rings (SSSR count). The summed E-state index contributed by atoms with van der Waals surface area (Å²) in [5.74, 6) is 0.0840. The predicted octanol–water partition coefficient (Wildman–Crippen LogP) is 7.47. The average molecular weight is 453 g/mol. The summed E-state index contributed by atoms with van der Waals surface area (Å²) in [4.78, 5) is 14.2. The van der Waals surface area contributed by atoms with Crippen LogP contribution in [0.15, 0.2) is 35.6 Å². The number of anilines is 2. The van der Waals surface area contributed by atoms with E-state index in [1.165, 1.54) is 30.1 Å². The van der Waals surface area contributed by atoms with E-state index in [9.17, 15) is 18.0 Å². The predicted molar refractivity (Wildman–Crippen MR) is 118 cm³/mol. The molecule has 1 fully saturated rings. The quantitative estimate of drug-likeness (QED) is 0.502. The Kier molecular flexibility index (Phi) is 6.65. The largest absolute Gasteiger partial charge is 0.418 e. The molecule has 0 aromatic heterocycles. The average Bonchev–Trinajstić information content (AvgIpc) is 3.26. The third-order valence-corrected chi connectivity index (χ3v) is 6.92. The van der Waals surface area contributed by atoms with Crippen LogP contribution in [0.2, 0.25) is 5.02 Å². The second-order valence-electron chi connectivity index (χ2n) is 8.80. The molecule has 7 heteroatoms. The molecule has 0 radical (unpaired) electrons. The molecule has 0 saturated heterocycles. The molecular weight excluding hydrogens is 425 g/mol.